The van der Waals surface area contributed by atoms with Gasteiger partial charge in [-0.3, -0.25) is 0 Å². The predicted octanol–water partition coefficient (Wildman–Crippen LogP) is 6.81. The third-order valence-electron chi connectivity index (χ3n) is 5.89. The van der Waals surface area contributed by atoms with E-state index in [-0.39, 0.29) is 0 Å². The molecule has 0 aromatic rings. The molecule has 2 rings (SSSR count). The van der Waals surface area contributed by atoms with Gasteiger partial charge in [-0.05, 0) is 25.7 Å². The van der Waals surface area contributed by atoms with Crippen molar-refractivity contribution in [3.05, 3.63) is 0 Å². The zero-order chi connectivity index (χ0) is 16.7. The lowest BCUT2D eigenvalue weighted by Gasteiger charge is -2.22. The summed E-state index contributed by atoms with van der Waals surface area (Å²) in [6.07, 6.45) is 25.7. The molecule has 0 aromatic carbocycles. The minimum absolute atomic E-state index is 0.496. The first-order chi connectivity index (χ1) is 11.9. The number of rotatable bonds is 5. The molecule has 0 aliphatic heterocycles. The third-order valence-corrected chi connectivity index (χ3v) is 5.89. The Kier molecular flexibility index (Phi) is 11.9. The zero-order valence-electron chi connectivity index (χ0n) is 16.1. The van der Waals surface area contributed by atoms with E-state index in [4.69, 9.17) is 9.47 Å². The average molecular weight is 339 g/mol. The summed E-state index contributed by atoms with van der Waals surface area (Å²) in [5.74, 6) is 0. The minimum atomic E-state index is 0.496. The molecule has 0 atom stereocenters. The first-order valence-corrected chi connectivity index (χ1v) is 11.2. The topological polar surface area (TPSA) is 18.5 Å². The summed E-state index contributed by atoms with van der Waals surface area (Å²) in [7, 11) is 0. The first-order valence-electron chi connectivity index (χ1n) is 11.2. The van der Waals surface area contributed by atoms with E-state index in [1.165, 1.54) is 116 Å². The Hall–Kier alpha value is -0.0800. The van der Waals surface area contributed by atoms with Gasteiger partial charge in [0.2, 0.25) is 0 Å². The van der Waals surface area contributed by atoms with Gasteiger partial charge < -0.3 is 9.47 Å². The highest BCUT2D eigenvalue weighted by molar-refractivity contribution is 4.64. The van der Waals surface area contributed by atoms with Crippen molar-refractivity contribution >= 4 is 0 Å². The van der Waals surface area contributed by atoms with Gasteiger partial charge in [0, 0.05) is 0 Å². The summed E-state index contributed by atoms with van der Waals surface area (Å²) in [5.41, 5.74) is 0. The van der Waals surface area contributed by atoms with Crippen molar-refractivity contribution in [3.63, 3.8) is 0 Å². The Bertz CT molecular complexity index is 231. The van der Waals surface area contributed by atoms with E-state index in [1.807, 2.05) is 0 Å². The summed E-state index contributed by atoms with van der Waals surface area (Å²) in [6, 6.07) is 0. The fourth-order valence-corrected chi connectivity index (χ4v) is 4.31. The van der Waals surface area contributed by atoms with Gasteiger partial charge >= 0.3 is 0 Å². The summed E-state index contributed by atoms with van der Waals surface area (Å²) in [4.78, 5) is 0. The van der Waals surface area contributed by atoms with Gasteiger partial charge in [0.15, 0.2) is 0 Å². The Balaban J connectivity index is 1.57. The number of ether oxygens (including phenoxy) is 2. The largest absolute Gasteiger partial charge is 0.376 e. The molecule has 0 bridgehead atoms. The van der Waals surface area contributed by atoms with Crippen LogP contribution in [0.3, 0.4) is 0 Å². The van der Waals surface area contributed by atoms with Crippen LogP contribution in [-0.4, -0.2) is 25.4 Å². The van der Waals surface area contributed by atoms with Crippen LogP contribution in [0.25, 0.3) is 0 Å². The van der Waals surface area contributed by atoms with Crippen LogP contribution in [0, 0.1) is 0 Å². The molecule has 0 heterocycles. The molecule has 0 radical (unpaired) electrons. The molecular weight excluding hydrogens is 296 g/mol. The SMILES string of the molecule is C1CCCCC(OCCOC2CCCCCCCCC2)CCCC1. The van der Waals surface area contributed by atoms with E-state index in [2.05, 4.69) is 0 Å². The van der Waals surface area contributed by atoms with E-state index in [0.29, 0.717) is 12.2 Å². The van der Waals surface area contributed by atoms with Crippen molar-refractivity contribution in [1.29, 1.82) is 0 Å². The van der Waals surface area contributed by atoms with Crippen LogP contribution >= 0.6 is 0 Å². The molecule has 0 unspecified atom stereocenters. The molecule has 0 N–H and O–H groups in total. The van der Waals surface area contributed by atoms with Crippen LogP contribution < -0.4 is 0 Å². The van der Waals surface area contributed by atoms with Crippen LogP contribution in [0.2, 0.25) is 0 Å². The van der Waals surface area contributed by atoms with Crippen LogP contribution in [-0.2, 0) is 9.47 Å². The highest BCUT2D eigenvalue weighted by Gasteiger charge is 2.13. The first kappa shape index (κ1) is 20.2. The molecule has 24 heavy (non-hydrogen) atoms. The quantitative estimate of drug-likeness (QED) is 0.513. The highest BCUT2D eigenvalue weighted by Crippen LogP contribution is 2.20. The van der Waals surface area contributed by atoms with Crippen LogP contribution in [0.1, 0.15) is 116 Å². The fraction of sp³-hybridized carbons (Fsp3) is 1.00. The van der Waals surface area contributed by atoms with Gasteiger partial charge in [0.25, 0.3) is 0 Å². The standard InChI is InChI=1S/C22H42O2/c1-3-7-11-15-21(16-12-8-4-1)23-19-20-24-22-17-13-9-5-2-6-10-14-18-22/h21-22H,1-20H2. The maximum atomic E-state index is 6.18. The predicted molar refractivity (Wildman–Crippen MR) is 103 cm³/mol. The average Bonchev–Trinajstić information content (AvgIpc) is 2.62. The maximum Gasteiger partial charge on any atom is 0.0704 e. The van der Waals surface area contributed by atoms with E-state index < -0.39 is 0 Å². The van der Waals surface area contributed by atoms with Crippen LogP contribution in [0.15, 0.2) is 0 Å². The molecule has 2 nitrogen and oxygen atoms in total. The number of hydrogen-bond donors (Lipinski definition) is 0. The van der Waals surface area contributed by atoms with E-state index in [1.54, 1.807) is 0 Å². The molecule has 2 aliphatic carbocycles. The Morgan fingerprint density at radius 2 is 0.625 bits per heavy atom. The van der Waals surface area contributed by atoms with E-state index in [9.17, 15) is 0 Å². The molecule has 0 saturated heterocycles. The molecule has 0 spiro atoms. The molecule has 142 valence electrons. The van der Waals surface area contributed by atoms with Gasteiger partial charge in [-0.1, -0.05) is 89.9 Å². The van der Waals surface area contributed by atoms with Gasteiger partial charge in [0.05, 0.1) is 25.4 Å². The second-order valence-corrected chi connectivity index (χ2v) is 8.09. The third kappa shape index (κ3) is 10.0. The zero-order valence-corrected chi connectivity index (χ0v) is 16.1. The monoisotopic (exact) mass is 338 g/mol. The number of hydrogen-bond acceptors (Lipinski definition) is 2. The summed E-state index contributed by atoms with van der Waals surface area (Å²) < 4.78 is 12.4. The Morgan fingerprint density at radius 1 is 0.375 bits per heavy atom. The lowest BCUT2D eigenvalue weighted by atomic mass is 9.99. The Labute approximate surface area is 151 Å². The van der Waals surface area contributed by atoms with Crippen LogP contribution in [0.4, 0.5) is 0 Å². The normalized spacial score (nSPS) is 24.5. The van der Waals surface area contributed by atoms with Crippen LogP contribution in [0.5, 0.6) is 0 Å². The molecular formula is C22H42O2. The van der Waals surface area contributed by atoms with E-state index in [0.717, 1.165) is 13.2 Å². The molecule has 2 aliphatic rings. The fourth-order valence-electron chi connectivity index (χ4n) is 4.31. The van der Waals surface area contributed by atoms with Gasteiger partial charge in [-0.15, -0.1) is 0 Å². The minimum Gasteiger partial charge on any atom is -0.376 e. The van der Waals surface area contributed by atoms with Gasteiger partial charge in [-0.2, -0.15) is 0 Å². The molecule has 2 fully saturated rings. The summed E-state index contributed by atoms with van der Waals surface area (Å²) in [6.45, 7) is 1.61. The second-order valence-electron chi connectivity index (χ2n) is 8.09. The maximum absolute atomic E-state index is 6.18. The van der Waals surface area contributed by atoms with Crippen molar-refractivity contribution in [2.45, 2.75) is 128 Å². The van der Waals surface area contributed by atoms with Crippen molar-refractivity contribution < 1.29 is 9.47 Å². The highest BCUT2D eigenvalue weighted by atomic mass is 16.5. The smallest absolute Gasteiger partial charge is 0.0704 e. The molecule has 0 aromatic heterocycles. The second kappa shape index (κ2) is 14.1. The van der Waals surface area contributed by atoms with Crippen molar-refractivity contribution in [2.24, 2.45) is 0 Å². The lowest BCUT2D eigenvalue weighted by Crippen LogP contribution is -2.20. The Morgan fingerprint density at radius 3 is 0.917 bits per heavy atom. The van der Waals surface area contributed by atoms with E-state index >= 15 is 0 Å². The van der Waals surface area contributed by atoms with Gasteiger partial charge in [-0.25, -0.2) is 0 Å². The summed E-state index contributed by atoms with van der Waals surface area (Å²) in [5, 5.41) is 0. The molecule has 0 amide bonds. The van der Waals surface area contributed by atoms with Crippen molar-refractivity contribution in [3.8, 4) is 0 Å². The van der Waals surface area contributed by atoms with Gasteiger partial charge in [0.1, 0.15) is 0 Å². The molecule has 2 saturated carbocycles. The van der Waals surface area contributed by atoms with Crippen molar-refractivity contribution in [2.75, 3.05) is 13.2 Å². The van der Waals surface area contributed by atoms with Crippen molar-refractivity contribution in [1.82, 2.24) is 0 Å². The lowest BCUT2D eigenvalue weighted by molar-refractivity contribution is -0.0334. The molecule has 2 heteroatoms. The summed E-state index contributed by atoms with van der Waals surface area (Å²) >= 11 is 0.